The van der Waals surface area contributed by atoms with E-state index in [2.05, 4.69) is 4.98 Å². The number of nitriles is 1. The Labute approximate surface area is 175 Å². The zero-order chi connectivity index (χ0) is 21.1. The van der Waals surface area contributed by atoms with Crippen LogP contribution in [0.4, 0.5) is 0 Å². The third kappa shape index (κ3) is 4.01. The Hall–Kier alpha value is -2.96. The number of carbonyl (C=O) groups is 1. The summed E-state index contributed by atoms with van der Waals surface area (Å²) in [5.74, 6) is 0.0858. The number of hydrogen-bond acceptors (Lipinski definition) is 6. The largest absolute Gasteiger partial charge is 0.470 e. The molecule has 30 heavy (non-hydrogen) atoms. The molecule has 2 aliphatic rings. The summed E-state index contributed by atoms with van der Waals surface area (Å²) in [6, 6.07) is 11.4. The van der Waals surface area contributed by atoms with Gasteiger partial charge in [-0.2, -0.15) is 9.57 Å². The van der Waals surface area contributed by atoms with Crippen LogP contribution in [0.25, 0.3) is 0 Å². The van der Waals surface area contributed by atoms with Crippen LogP contribution in [0, 0.1) is 11.3 Å². The number of piperidine rings is 1. The highest BCUT2D eigenvalue weighted by Gasteiger charge is 2.34. The van der Waals surface area contributed by atoms with Crippen LogP contribution in [0.3, 0.4) is 0 Å². The van der Waals surface area contributed by atoms with Crippen molar-refractivity contribution in [3.63, 3.8) is 0 Å². The minimum Gasteiger partial charge on any atom is -0.470 e. The van der Waals surface area contributed by atoms with Gasteiger partial charge in [0.15, 0.2) is 0 Å². The summed E-state index contributed by atoms with van der Waals surface area (Å²) in [5, 5.41) is 9.09. The molecule has 2 aromatic rings. The first kappa shape index (κ1) is 20.3. The van der Waals surface area contributed by atoms with E-state index >= 15 is 0 Å². The molecule has 0 N–H and O–H groups in total. The van der Waals surface area contributed by atoms with Gasteiger partial charge in [-0.1, -0.05) is 6.42 Å². The number of sulfonamides is 1. The highest BCUT2D eigenvalue weighted by Crippen LogP contribution is 2.23. The fraction of sp³-hybridized carbons (Fsp3) is 0.381. The average molecular weight is 426 g/mol. The molecular weight excluding hydrogens is 404 g/mol. The molecule has 0 radical (unpaired) electrons. The molecule has 1 aromatic carbocycles. The van der Waals surface area contributed by atoms with Crippen molar-refractivity contribution in [2.24, 2.45) is 0 Å². The Morgan fingerprint density at radius 1 is 1.10 bits per heavy atom. The van der Waals surface area contributed by atoms with E-state index in [1.807, 2.05) is 6.07 Å². The molecule has 0 unspecified atom stereocenters. The molecule has 156 valence electrons. The van der Waals surface area contributed by atoms with Crippen molar-refractivity contribution in [1.29, 1.82) is 5.26 Å². The van der Waals surface area contributed by atoms with Gasteiger partial charge in [-0.05, 0) is 49.2 Å². The second kappa shape index (κ2) is 8.42. The maximum absolute atomic E-state index is 12.7. The highest BCUT2D eigenvalue weighted by molar-refractivity contribution is 7.89. The summed E-state index contributed by atoms with van der Waals surface area (Å²) in [5.41, 5.74) is 0.786. The van der Waals surface area contributed by atoms with Gasteiger partial charge < -0.3 is 9.64 Å². The fourth-order valence-electron chi connectivity index (χ4n) is 3.61. The van der Waals surface area contributed by atoms with Crippen LogP contribution < -0.4 is 4.74 Å². The Bertz CT molecular complexity index is 1070. The van der Waals surface area contributed by atoms with E-state index in [0.717, 1.165) is 19.3 Å². The number of ether oxygens (including phenoxy) is 1. The predicted molar refractivity (Wildman–Crippen MR) is 108 cm³/mol. The molecular formula is C21H22N4O4S. The molecule has 0 aliphatic carbocycles. The topological polar surface area (TPSA) is 104 Å². The lowest BCUT2D eigenvalue weighted by molar-refractivity contribution is 0.0159. The van der Waals surface area contributed by atoms with Gasteiger partial charge in [-0.15, -0.1) is 0 Å². The van der Waals surface area contributed by atoms with Crippen molar-refractivity contribution in [2.45, 2.75) is 30.3 Å². The number of likely N-dealkylation sites (tertiary alicyclic amines) is 1. The summed E-state index contributed by atoms with van der Waals surface area (Å²) in [7, 11) is -3.51. The normalized spacial score (nSPS) is 17.8. The van der Waals surface area contributed by atoms with Crippen molar-refractivity contribution in [2.75, 3.05) is 26.2 Å². The monoisotopic (exact) mass is 426 g/mol. The molecule has 9 heteroatoms. The number of carbonyl (C=O) groups excluding carboxylic acids is 1. The average Bonchev–Trinajstić information content (AvgIpc) is 2.76. The van der Waals surface area contributed by atoms with Crippen molar-refractivity contribution >= 4 is 15.9 Å². The first-order chi connectivity index (χ1) is 14.5. The lowest BCUT2D eigenvalue weighted by atomic mass is 10.1. The van der Waals surface area contributed by atoms with Gasteiger partial charge in [-0.25, -0.2) is 13.4 Å². The van der Waals surface area contributed by atoms with Crippen LogP contribution >= 0.6 is 0 Å². The maximum atomic E-state index is 12.7. The van der Waals surface area contributed by atoms with Gasteiger partial charge in [0.25, 0.3) is 5.91 Å². The van der Waals surface area contributed by atoms with Gasteiger partial charge in [0, 0.05) is 24.8 Å². The summed E-state index contributed by atoms with van der Waals surface area (Å²) in [6.07, 6.45) is 4.13. The summed E-state index contributed by atoms with van der Waals surface area (Å²) >= 11 is 0. The third-order valence-electron chi connectivity index (χ3n) is 5.36. The quantitative estimate of drug-likeness (QED) is 0.725. The standard InChI is InChI=1S/C21H22N4O4S/c22-13-17-5-4-10-23-20(17)29-18-14-24(15-18)21(26)16-6-8-19(9-7-16)30(27,28)25-11-2-1-3-12-25/h4-10,18H,1-3,11-12,14-15H2. The summed E-state index contributed by atoms with van der Waals surface area (Å²) in [6.45, 7) is 1.85. The van der Waals surface area contributed by atoms with Crippen LogP contribution in [0.1, 0.15) is 35.2 Å². The van der Waals surface area contributed by atoms with Crippen molar-refractivity contribution in [3.8, 4) is 11.9 Å². The zero-order valence-electron chi connectivity index (χ0n) is 16.4. The number of pyridine rings is 1. The van der Waals surface area contributed by atoms with E-state index in [-0.39, 0.29) is 22.8 Å². The van der Waals surface area contributed by atoms with Crippen LogP contribution in [-0.2, 0) is 10.0 Å². The molecule has 8 nitrogen and oxygen atoms in total. The van der Waals surface area contributed by atoms with E-state index in [0.29, 0.717) is 37.3 Å². The molecule has 0 spiro atoms. The van der Waals surface area contributed by atoms with Crippen LogP contribution in [-0.4, -0.2) is 60.8 Å². The molecule has 2 aliphatic heterocycles. The van der Waals surface area contributed by atoms with Crippen LogP contribution in [0.2, 0.25) is 0 Å². The minimum absolute atomic E-state index is 0.182. The number of benzene rings is 1. The Morgan fingerprint density at radius 3 is 2.47 bits per heavy atom. The molecule has 0 saturated carbocycles. The lowest BCUT2D eigenvalue weighted by Crippen LogP contribution is -2.56. The first-order valence-electron chi connectivity index (χ1n) is 9.90. The van der Waals surface area contributed by atoms with E-state index in [9.17, 15) is 13.2 Å². The highest BCUT2D eigenvalue weighted by atomic mass is 32.2. The second-order valence-electron chi connectivity index (χ2n) is 7.41. The molecule has 4 rings (SSSR count). The molecule has 1 aromatic heterocycles. The molecule has 2 fully saturated rings. The Kier molecular flexibility index (Phi) is 5.70. The van der Waals surface area contributed by atoms with Gasteiger partial charge >= 0.3 is 0 Å². The number of amides is 1. The molecule has 1 amide bonds. The number of hydrogen-bond donors (Lipinski definition) is 0. The van der Waals surface area contributed by atoms with Crippen molar-refractivity contribution in [3.05, 3.63) is 53.7 Å². The van der Waals surface area contributed by atoms with Gasteiger partial charge in [0.2, 0.25) is 15.9 Å². The molecule has 0 atom stereocenters. The fourth-order valence-corrected chi connectivity index (χ4v) is 5.13. The maximum Gasteiger partial charge on any atom is 0.254 e. The van der Waals surface area contributed by atoms with Crippen molar-refractivity contribution < 1.29 is 17.9 Å². The van der Waals surface area contributed by atoms with E-state index in [1.165, 1.54) is 16.4 Å². The minimum atomic E-state index is -3.51. The summed E-state index contributed by atoms with van der Waals surface area (Å²) in [4.78, 5) is 18.5. The molecule has 0 bridgehead atoms. The van der Waals surface area contributed by atoms with E-state index < -0.39 is 10.0 Å². The third-order valence-corrected chi connectivity index (χ3v) is 7.27. The van der Waals surface area contributed by atoms with Gasteiger partial charge in [-0.3, -0.25) is 4.79 Å². The van der Waals surface area contributed by atoms with Crippen LogP contribution in [0.15, 0.2) is 47.5 Å². The molecule has 3 heterocycles. The lowest BCUT2D eigenvalue weighted by Gasteiger charge is -2.38. The second-order valence-corrected chi connectivity index (χ2v) is 9.34. The number of aromatic nitrogens is 1. The number of rotatable bonds is 5. The van der Waals surface area contributed by atoms with Gasteiger partial charge in [0.05, 0.1) is 18.0 Å². The van der Waals surface area contributed by atoms with Gasteiger partial charge in [0.1, 0.15) is 17.7 Å². The van der Waals surface area contributed by atoms with E-state index in [1.54, 1.807) is 35.4 Å². The zero-order valence-corrected chi connectivity index (χ0v) is 17.2. The first-order valence-corrected chi connectivity index (χ1v) is 11.3. The Balaban J connectivity index is 1.36. The molecule has 2 saturated heterocycles. The van der Waals surface area contributed by atoms with Crippen LogP contribution in [0.5, 0.6) is 5.88 Å². The van der Waals surface area contributed by atoms with Crippen molar-refractivity contribution in [1.82, 2.24) is 14.2 Å². The number of nitrogens with zero attached hydrogens (tertiary/aromatic N) is 4. The van der Waals surface area contributed by atoms with E-state index in [4.69, 9.17) is 10.00 Å². The smallest absolute Gasteiger partial charge is 0.254 e. The Morgan fingerprint density at radius 2 is 1.80 bits per heavy atom. The SMILES string of the molecule is N#Cc1cccnc1OC1CN(C(=O)c2ccc(S(=O)(=O)N3CCCCC3)cc2)C1. The predicted octanol–water partition coefficient (Wildman–Crippen LogP) is 2.03. The summed E-state index contributed by atoms with van der Waals surface area (Å²) < 4.78 is 32.7.